The van der Waals surface area contributed by atoms with E-state index in [1.165, 1.54) is 0 Å². The first kappa shape index (κ1) is 11.2. The maximum atomic E-state index is 9.97. The maximum absolute atomic E-state index is 9.97. The standard InChI is InChI=1S/C9H13BrO2S/c1-9(2,12-3)8(11)6-4-13-5-7(6)10/h4-5,8,11H,1-3H3. The normalized spacial score (nSPS) is 14.5. The van der Waals surface area contributed by atoms with E-state index < -0.39 is 11.7 Å². The van der Waals surface area contributed by atoms with Crippen molar-refractivity contribution < 1.29 is 9.84 Å². The second kappa shape index (κ2) is 4.09. The predicted molar refractivity (Wildman–Crippen MR) is 58.1 cm³/mol. The number of methoxy groups -OCH3 is 1. The van der Waals surface area contributed by atoms with E-state index in [-0.39, 0.29) is 0 Å². The van der Waals surface area contributed by atoms with Crippen molar-refractivity contribution in [3.8, 4) is 0 Å². The summed E-state index contributed by atoms with van der Waals surface area (Å²) in [5, 5.41) is 13.8. The Labute approximate surface area is 90.7 Å². The van der Waals surface area contributed by atoms with Crippen molar-refractivity contribution in [1.29, 1.82) is 0 Å². The monoisotopic (exact) mass is 264 g/mol. The van der Waals surface area contributed by atoms with Gasteiger partial charge in [-0.1, -0.05) is 0 Å². The summed E-state index contributed by atoms with van der Waals surface area (Å²) >= 11 is 4.94. The third-order valence-electron chi connectivity index (χ3n) is 2.12. The largest absolute Gasteiger partial charge is 0.385 e. The third-order valence-corrected chi connectivity index (χ3v) is 3.87. The Morgan fingerprint density at radius 1 is 1.54 bits per heavy atom. The number of halogens is 1. The van der Waals surface area contributed by atoms with Gasteiger partial charge in [0, 0.05) is 22.5 Å². The van der Waals surface area contributed by atoms with Gasteiger partial charge in [0.05, 0.1) is 5.60 Å². The molecule has 1 unspecified atom stereocenters. The summed E-state index contributed by atoms with van der Waals surface area (Å²) in [6.45, 7) is 3.73. The zero-order chi connectivity index (χ0) is 10.1. The molecule has 2 nitrogen and oxygen atoms in total. The molecule has 1 heterocycles. The van der Waals surface area contributed by atoms with Gasteiger partial charge in [-0.15, -0.1) is 0 Å². The number of hydrogen-bond acceptors (Lipinski definition) is 3. The molecule has 13 heavy (non-hydrogen) atoms. The molecule has 0 bridgehead atoms. The molecule has 0 saturated heterocycles. The summed E-state index contributed by atoms with van der Waals surface area (Å²) in [4.78, 5) is 0. The second-order valence-corrected chi connectivity index (χ2v) is 4.98. The highest BCUT2D eigenvalue weighted by atomic mass is 79.9. The minimum Gasteiger partial charge on any atom is -0.385 e. The van der Waals surface area contributed by atoms with Gasteiger partial charge in [0.15, 0.2) is 0 Å². The van der Waals surface area contributed by atoms with Gasteiger partial charge in [-0.3, -0.25) is 0 Å². The van der Waals surface area contributed by atoms with Crippen molar-refractivity contribution in [2.45, 2.75) is 25.6 Å². The van der Waals surface area contributed by atoms with Gasteiger partial charge in [-0.25, -0.2) is 0 Å². The molecule has 0 spiro atoms. The Hall–Kier alpha value is 0.100. The Morgan fingerprint density at radius 2 is 2.15 bits per heavy atom. The van der Waals surface area contributed by atoms with Gasteiger partial charge in [-0.05, 0) is 35.2 Å². The summed E-state index contributed by atoms with van der Waals surface area (Å²) in [6, 6.07) is 0. The molecule has 74 valence electrons. The molecule has 0 aromatic carbocycles. The van der Waals surface area contributed by atoms with E-state index in [4.69, 9.17) is 4.74 Å². The van der Waals surface area contributed by atoms with E-state index in [0.29, 0.717) is 0 Å². The highest BCUT2D eigenvalue weighted by molar-refractivity contribution is 9.10. The van der Waals surface area contributed by atoms with Crippen molar-refractivity contribution in [1.82, 2.24) is 0 Å². The molecule has 1 N–H and O–H groups in total. The Bertz CT molecular complexity index is 283. The highest BCUT2D eigenvalue weighted by Crippen LogP contribution is 2.34. The molecule has 1 atom stereocenters. The molecule has 0 aliphatic rings. The molecule has 0 aliphatic carbocycles. The van der Waals surface area contributed by atoms with Crippen LogP contribution in [0.2, 0.25) is 0 Å². The van der Waals surface area contributed by atoms with Gasteiger partial charge < -0.3 is 9.84 Å². The van der Waals surface area contributed by atoms with Crippen LogP contribution < -0.4 is 0 Å². The Balaban J connectivity index is 2.91. The van der Waals surface area contributed by atoms with Crippen LogP contribution in [-0.2, 0) is 4.74 Å². The first-order valence-corrected chi connectivity index (χ1v) is 5.67. The zero-order valence-electron chi connectivity index (χ0n) is 7.87. The third kappa shape index (κ3) is 2.31. The van der Waals surface area contributed by atoms with Gasteiger partial charge in [0.2, 0.25) is 0 Å². The van der Waals surface area contributed by atoms with Gasteiger partial charge in [-0.2, -0.15) is 11.3 Å². The smallest absolute Gasteiger partial charge is 0.109 e. The number of thiophene rings is 1. The molecule has 0 saturated carbocycles. The van der Waals surface area contributed by atoms with E-state index in [2.05, 4.69) is 15.9 Å². The summed E-state index contributed by atoms with van der Waals surface area (Å²) in [7, 11) is 1.60. The number of ether oxygens (including phenoxy) is 1. The molecular formula is C9H13BrO2S. The van der Waals surface area contributed by atoms with Crippen molar-refractivity contribution in [2.75, 3.05) is 7.11 Å². The number of rotatable bonds is 3. The van der Waals surface area contributed by atoms with E-state index in [1.807, 2.05) is 24.6 Å². The summed E-state index contributed by atoms with van der Waals surface area (Å²) in [6.07, 6.45) is -0.599. The molecule has 1 rings (SSSR count). The predicted octanol–water partition coefficient (Wildman–Crippen LogP) is 2.97. The van der Waals surface area contributed by atoms with Crippen LogP contribution in [0.1, 0.15) is 25.5 Å². The SMILES string of the molecule is COC(C)(C)C(O)c1cscc1Br. The fourth-order valence-electron chi connectivity index (χ4n) is 0.973. The minimum atomic E-state index is -0.599. The average molecular weight is 265 g/mol. The zero-order valence-corrected chi connectivity index (χ0v) is 10.3. The molecule has 0 fully saturated rings. The van der Waals surface area contributed by atoms with Crippen LogP contribution in [0.5, 0.6) is 0 Å². The van der Waals surface area contributed by atoms with Crippen molar-refractivity contribution >= 4 is 27.3 Å². The van der Waals surface area contributed by atoms with Crippen LogP contribution in [0.4, 0.5) is 0 Å². The lowest BCUT2D eigenvalue weighted by Gasteiger charge is -2.28. The Morgan fingerprint density at radius 3 is 2.54 bits per heavy atom. The molecular weight excluding hydrogens is 252 g/mol. The number of aliphatic hydroxyl groups is 1. The summed E-state index contributed by atoms with van der Waals surface area (Å²) < 4.78 is 6.15. The van der Waals surface area contributed by atoms with Crippen molar-refractivity contribution in [3.05, 3.63) is 20.8 Å². The van der Waals surface area contributed by atoms with Crippen LogP contribution in [0.15, 0.2) is 15.2 Å². The summed E-state index contributed by atoms with van der Waals surface area (Å²) in [5.41, 5.74) is 0.334. The number of hydrogen-bond donors (Lipinski definition) is 1. The van der Waals surface area contributed by atoms with Crippen LogP contribution in [0.3, 0.4) is 0 Å². The highest BCUT2D eigenvalue weighted by Gasteiger charge is 2.30. The van der Waals surface area contributed by atoms with E-state index in [1.54, 1.807) is 18.4 Å². The van der Waals surface area contributed by atoms with Crippen LogP contribution in [0, 0.1) is 0 Å². The van der Waals surface area contributed by atoms with Gasteiger partial charge in [0.1, 0.15) is 6.10 Å². The molecule has 1 aromatic heterocycles. The fraction of sp³-hybridized carbons (Fsp3) is 0.556. The minimum absolute atomic E-state index is 0.552. The van der Waals surface area contributed by atoms with Crippen LogP contribution in [0.25, 0.3) is 0 Å². The van der Waals surface area contributed by atoms with E-state index in [0.717, 1.165) is 10.0 Å². The topological polar surface area (TPSA) is 29.5 Å². The molecule has 0 radical (unpaired) electrons. The lowest BCUT2D eigenvalue weighted by Crippen LogP contribution is -2.31. The van der Waals surface area contributed by atoms with E-state index in [9.17, 15) is 5.11 Å². The lowest BCUT2D eigenvalue weighted by atomic mass is 9.97. The lowest BCUT2D eigenvalue weighted by molar-refractivity contribution is -0.0794. The first-order chi connectivity index (χ1) is 5.99. The molecule has 4 heteroatoms. The Kier molecular flexibility index (Phi) is 3.51. The van der Waals surface area contributed by atoms with Crippen LogP contribution in [-0.4, -0.2) is 17.8 Å². The molecule has 1 aromatic rings. The average Bonchev–Trinajstić information content (AvgIpc) is 2.50. The maximum Gasteiger partial charge on any atom is 0.109 e. The van der Waals surface area contributed by atoms with Gasteiger partial charge in [0.25, 0.3) is 0 Å². The molecule has 0 aliphatic heterocycles. The van der Waals surface area contributed by atoms with Crippen molar-refractivity contribution in [3.63, 3.8) is 0 Å². The molecule has 0 amide bonds. The second-order valence-electron chi connectivity index (χ2n) is 3.39. The first-order valence-electron chi connectivity index (χ1n) is 3.94. The quantitative estimate of drug-likeness (QED) is 0.910. The van der Waals surface area contributed by atoms with Gasteiger partial charge >= 0.3 is 0 Å². The van der Waals surface area contributed by atoms with Crippen molar-refractivity contribution in [2.24, 2.45) is 0 Å². The van der Waals surface area contributed by atoms with Crippen LogP contribution >= 0.6 is 27.3 Å². The fourth-order valence-corrected chi connectivity index (χ4v) is 2.51. The number of aliphatic hydroxyl groups excluding tert-OH is 1. The summed E-state index contributed by atoms with van der Waals surface area (Å²) in [5.74, 6) is 0. The van der Waals surface area contributed by atoms with E-state index >= 15 is 0 Å².